The predicted octanol–water partition coefficient (Wildman–Crippen LogP) is 3.30. The second-order valence-corrected chi connectivity index (χ2v) is 5.56. The molecule has 0 saturated carbocycles. The van der Waals surface area contributed by atoms with Crippen LogP contribution in [0.5, 0.6) is 0 Å². The van der Waals surface area contributed by atoms with Crippen LogP contribution in [0.15, 0.2) is 30.3 Å². The van der Waals surface area contributed by atoms with Gasteiger partial charge in [0.1, 0.15) is 6.10 Å². The number of benzene rings is 1. The highest BCUT2D eigenvalue weighted by Gasteiger charge is 2.31. The maximum absolute atomic E-state index is 11.9. The van der Waals surface area contributed by atoms with E-state index in [1.807, 2.05) is 30.3 Å². The molecule has 1 aromatic rings. The van der Waals surface area contributed by atoms with Crippen molar-refractivity contribution in [1.82, 2.24) is 4.90 Å². The second kappa shape index (κ2) is 7.82. The van der Waals surface area contributed by atoms with Crippen LogP contribution in [0.1, 0.15) is 44.3 Å². The lowest BCUT2D eigenvalue weighted by molar-refractivity contribution is -0.147. The number of hydrogen-bond donors (Lipinski definition) is 0. The third-order valence-electron chi connectivity index (χ3n) is 4.00. The van der Waals surface area contributed by atoms with Gasteiger partial charge in [0, 0.05) is 25.9 Å². The third kappa shape index (κ3) is 4.23. The minimum Gasteiger partial charge on any atom is -0.458 e. The van der Waals surface area contributed by atoms with Crippen molar-refractivity contribution in [2.75, 3.05) is 13.7 Å². The zero-order valence-corrected chi connectivity index (χ0v) is 13.2. The number of carbonyl (C=O) groups is 2. The summed E-state index contributed by atoms with van der Waals surface area (Å²) in [6, 6.07) is 9.69. The van der Waals surface area contributed by atoms with E-state index < -0.39 is 0 Å². The van der Waals surface area contributed by atoms with Crippen LogP contribution in [0.4, 0.5) is 4.79 Å². The zero-order chi connectivity index (χ0) is 15.9. The molecule has 1 aromatic carbocycles. The van der Waals surface area contributed by atoms with Gasteiger partial charge in [-0.05, 0) is 24.8 Å². The van der Waals surface area contributed by atoms with Crippen molar-refractivity contribution in [2.24, 2.45) is 0 Å². The number of ether oxygens (including phenoxy) is 2. The van der Waals surface area contributed by atoms with E-state index in [2.05, 4.69) is 0 Å². The molecule has 22 heavy (non-hydrogen) atoms. The molecule has 0 spiro atoms. The van der Waals surface area contributed by atoms with Gasteiger partial charge < -0.3 is 14.4 Å². The molecule has 0 N–H and O–H groups in total. The van der Waals surface area contributed by atoms with Crippen LogP contribution < -0.4 is 0 Å². The van der Waals surface area contributed by atoms with Gasteiger partial charge in [-0.2, -0.15) is 0 Å². The Bertz CT molecular complexity index is 503. The quantitative estimate of drug-likeness (QED) is 0.801. The second-order valence-electron chi connectivity index (χ2n) is 5.56. The number of piperidine rings is 1. The minimum atomic E-state index is -0.339. The Morgan fingerprint density at radius 3 is 2.64 bits per heavy atom. The molecule has 0 bridgehead atoms. The van der Waals surface area contributed by atoms with Crippen LogP contribution in [0.2, 0.25) is 0 Å². The van der Waals surface area contributed by atoms with Crippen molar-refractivity contribution in [2.45, 2.75) is 44.8 Å². The SMILES string of the molecule is COC(=O)N1CCCC[C@H]1C[C@H](OC(C)=O)c1ccccc1. The minimum absolute atomic E-state index is 0.0331. The Balaban J connectivity index is 2.14. The van der Waals surface area contributed by atoms with Crippen molar-refractivity contribution in [3.8, 4) is 0 Å². The molecule has 1 aliphatic rings. The van der Waals surface area contributed by atoms with Gasteiger partial charge in [-0.25, -0.2) is 4.79 Å². The highest BCUT2D eigenvalue weighted by atomic mass is 16.5. The summed E-state index contributed by atoms with van der Waals surface area (Å²) in [4.78, 5) is 25.1. The molecule has 2 rings (SSSR count). The van der Waals surface area contributed by atoms with E-state index in [9.17, 15) is 9.59 Å². The van der Waals surface area contributed by atoms with Gasteiger partial charge in [-0.15, -0.1) is 0 Å². The molecule has 1 aliphatic heterocycles. The Labute approximate surface area is 131 Å². The Kier molecular flexibility index (Phi) is 5.81. The number of esters is 1. The largest absolute Gasteiger partial charge is 0.458 e. The molecule has 1 saturated heterocycles. The normalized spacial score (nSPS) is 19.4. The van der Waals surface area contributed by atoms with Crippen LogP contribution in [-0.2, 0) is 14.3 Å². The lowest BCUT2D eigenvalue weighted by Crippen LogP contribution is -2.44. The Hall–Kier alpha value is -2.04. The highest BCUT2D eigenvalue weighted by molar-refractivity contribution is 5.68. The molecule has 0 aromatic heterocycles. The number of likely N-dealkylation sites (tertiary alicyclic amines) is 1. The molecule has 1 heterocycles. The number of rotatable bonds is 4. The van der Waals surface area contributed by atoms with Gasteiger partial charge in [0.05, 0.1) is 7.11 Å². The van der Waals surface area contributed by atoms with Gasteiger partial charge in [-0.1, -0.05) is 30.3 Å². The van der Waals surface area contributed by atoms with E-state index in [-0.39, 0.29) is 24.2 Å². The molecule has 5 nitrogen and oxygen atoms in total. The third-order valence-corrected chi connectivity index (χ3v) is 4.00. The first-order valence-electron chi connectivity index (χ1n) is 7.68. The first-order chi connectivity index (χ1) is 10.6. The average Bonchev–Trinajstić information content (AvgIpc) is 2.54. The maximum Gasteiger partial charge on any atom is 0.409 e. The molecule has 0 aliphatic carbocycles. The lowest BCUT2D eigenvalue weighted by atomic mass is 9.94. The van der Waals surface area contributed by atoms with E-state index in [0.717, 1.165) is 24.8 Å². The fraction of sp³-hybridized carbons (Fsp3) is 0.529. The van der Waals surface area contributed by atoms with Gasteiger partial charge in [0.15, 0.2) is 0 Å². The van der Waals surface area contributed by atoms with Gasteiger partial charge in [-0.3, -0.25) is 4.79 Å². The van der Waals surface area contributed by atoms with Crippen molar-refractivity contribution in [3.05, 3.63) is 35.9 Å². The Morgan fingerprint density at radius 2 is 2.00 bits per heavy atom. The molecule has 0 unspecified atom stereocenters. The molecule has 2 atom stereocenters. The van der Waals surface area contributed by atoms with Crippen molar-refractivity contribution < 1.29 is 19.1 Å². The molecular weight excluding hydrogens is 282 g/mol. The standard InChI is InChI=1S/C17H23NO4/c1-13(19)22-16(14-8-4-3-5-9-14)12-15-10-6-7-11-18(15)17(20)21-2/h3-5,8-9,15-16H,6-7,10-12H2,1-2H3/t15-,16-/m0/s1. The number of hydrogen-bond acceptors (Lipinski definition) is 4. The maximum atomic E-state index is 11.9. The lowest BCUT2D eigenvalue weighted by Gasteiger charge is -2.36. The number of amides is 1. The van der Waals surface area contributed by atoms with Gasteiger partial charge in [0.2, 0.25) is 0 Å². The first kappa shape index (κ1) is 16.3. The van der Waals surface area contributed by atoms with Gasteiger partial charge >= 0.3 is 12.1 Å². The number of nitrogens with zero attached hydrogens (tertiary/aromatic N) is 1. The van der Waals surface area contributed by atoms with E-state index in [1.165, 1.54) is 14.0 Å². The summed E-state index contributed by atoms with van der Waals surface area (Å²) in [5.41, 5.74) is 0.952. The molecule has 5 heteroatoms. The molecule has 1 amide bonds. The van der Waals surface area contributed by atoms with Crippen LogP contribution in [0.3, 0.4) is 0 Å². The predicted molar refractivity (Wildman–Crippen MR) is 82.3 cm³/mol. The molecular formula is C17H23NO4. The van der Waals surface area contributed by atoms with E-state index in [4.69, 9.17) is 9.47 Å². The zero-order valence-electron chi connectivity index (χ0n) is 13.2. The number of methoxy groups -OCH3 is 1. The summed E-state index contributed by atoms with van der Waals surface area (Å²) in [5.74, 6) is -0.311. The summed E-state index contributed by atoms with van der Waals surface area (Å²) in [7, 11) is 1.40. The highest BCUT2D eigenvalue weighted by Crippen LogP contribution is 2.29. The van der Waals surface area contributed by atoms with Crippen LogP contribution in [-0.4, -0.2) is 36.7 Å². The number of carbonyl (C=O) groups excluding carboxylic acids is 2. The van der Waals surface area contributed by atoms with Crippen LogP contribution >= 0.6 is 0 Å². The van der Waals surface area contributed by atoms with Crippen LogP contribution in [0, 0.1) is 0 Å². The summed E-state index contributed by atoms with van der Waals surface area (Å²) < 4.78 is 10.4. The van der Waals surface area contributed by atoms with Crippen molar-refractivity contribution in [3.63, 3.8) is 0 Å². The average molecular weight is 305 g/mol. The molecule has 120 valence electrons. The first-order valence-corrected chi connectivity index (χ1v) is 7.68. The van der Waals surface area contributed by atoms with E-state index in [1.54, 1.807) is 4.90 Å². The Morgan fingerprint density at radius 1 is 1.27 bits per heavy atom. The monoisotopic (exact) mass is 305 g/mol. The van der Waals surface area contributed by atoms with E-state index >= 15 is 0 Å². The summed E-state index contributed by atoms with van der Waals surface area (Å²) in [6.45, 7) is 2.10. The summed E-state index contributed by atoms with van der Waals surface area (Å²) in [6.07, 6.45) is 2.90. The fourth-order valence-corrected chi connectivity index (χ4v) is 2.97. The van der Waals surface area contributed by atoms with Crippen molar-refractivity contribution in [1.29, 1.82) is 0 Å². The van der Waals surface area contributed by atoms with Crippen molar-refractivity contribution >= 4 is 12.1 Å². The molecule has 1 fully saturated rings. The fourth-order valence-electron chi connectivity index (χ4n) is 2.97. The topological polar surface area (TPSA) is 55.8 Å². The summed E-state index contributed by atoms with van der Waals surface area (Å²) in [5, 5.41) is 0. The van der Waals surface area contributed by atoms with E-state index in [0.29, 0.717) is 13.0 Å². The smallest absolute Gasteiger partial charge is 0.409 e. The molecule has 0 radical (unpaired) electrons. The van der Waals surface area contributed by atoms with Crippen LogP contribution in [0.25, 0.3) is 0 Å². The van der Waals surface area contributed by atoms with Gasteiger partial charge in [0.25, 0.3) is 0 Å². The summed E-state index contributed by atoms with van der Waals surface area (Å²) >= 11 is 0.